The summed E-state index contributed by atoms with van der Waals surface area (Å²) in [5.74, 6) is 2.54. The molecule has 1 aliphatic rings. The molecule has 1 amide bonds. The standard InChI is InChI=1S/C18H28N2O4.ClH/c1-22-13-9-16(23-2)15(17(10-13)24-3)7-8-20-18(21)14-6-4-5-12(14)11-19;/h9-10,12,14H,4-8,11,19H2,1-3H3,(H,20,21);1H/t12-,14-;/m1./s1. The molecule has 2 atom stereocenters. The zero-order valence-corrected chi connectivity index (χ0v) is 16.0. The number of amides is 1. The monoisotopic (exact) mass is 372 g/mol. The second-order valence-electron chi connectivity index (χ2n) is 6.08. The van der Waals surface area contributed by atoms with E-state index in [4.69, 9.17) is 19.9 Å². The van der Waals surface area contributed by atoms with E-state index in [1.54, 1.807) is 21.3 Å². The molecule has 7 heteroatoms. The zero-order valence-electron chi connectivity index (χ0n) is 15.2. The summed E-state index contributed by atoms with van der Waals surface area (Å²) in [6.07, 6.45) is 3.69. The zero-order chi connectivity index (χ0) is 17.5. The van der Waals surface area contributed by atoms with Crippen LogP contribution in [0.25, 0.3) is 0 Å². The Labute approximate surface area is 155 Å². The van der Waals surface area contributed by atoms with Crippen molar-refractivity contribution in [1.29, 1.82) is 0 Å². The predicted molar refractivity (Wildman–Crippen MR) is 99.9 cm³/mol. The predicted octanol–water partition coefficient (Wildman–Crippen LogP) is 2.17. The van der Waals surface area contributed by atoms with Crippen molar-refractivity contribution in [2.45, 2.75) is 25.7 Å². The topological polar surface area (TPSA) is 82.8 Å². The van der Waals surface area contributed by atoms with E-state index in [1.807, 2.05) is 12.1 Å². The summed E-state index contributed by atoms with van der Waals surface area (Å²) in [6, 6.07) is 3.64. The van der Waals surface area contributed by atoms with Gasteiger partial charge in [-0.25, -0.2) is 0 Å². The maximum absolute atomic E-state index is 12.4. The van der Waals surface area contributed by atoms with Gasteiger partial charge in [-0.15, -0.1) is 12.4 Å². The molecule has 1 saturated carbocycles. The molecule has 0 radical (unpaired) electrons. The Morgan fingerprint density at radius 2 is 1.80 bits per heavy atom. The molecule has 3 N–H and O–H groups in total. The van der Waals surface area contributed by atoms with Crippen LogP contribution in [0.1, 0.15) is 24.8 Å². The number of rotatable bonds is 8. The van der Waals surface area contributed by atoms with E-state index in [0.717, 1.165) is 24.8 Å². The summed E-state index contributed by atoms with van der Waals surface area (Å²) in [7, 11) is 4.82. The molecule has 1 aliphatic carbocycles. The number of hydrogen-bond acceptors (Lipinski definition) is 5. The van der Waals surface area contributed by atoms with Gasteiger partial charge in [-0.05, 0) is 31.7 Å². The van der Waals surface area contributed by atoms with Crippen LogP contribution in [0.2, 0.25) is 0 Å². The highest BCUT2D eigenvalue weighted by Crippen LogP contribution is 2.34. The molecule has 0 unspecified atom stereocenters. The molecule has 1 aromatic carbocycles. The lowest BCUT2D eigenvalue weighted by molar-refractivity contribution is -0.125. The molecule has 2 rings (SSSR count). The number of carbonyl (C=O) groups is 1. The van der Waals surface area contributed by atoms with E-state index < -0.39 is 0 Å². The minimum Gasteiger partial charge on any atom is -0.496 e. The first-order chi connectivity index (χ1) is 11.6. The molecule has 142 valence electrons. The van der Waals surface area contributed by atoms with Crippen molar-refractivity contribution in [2.24, 2.45) is 17.6 Å². The van der Waals surface area contributed by atoms with Crippen LogP contribution in [0.3, 0.4) is 0 Å². The van der Waals surface area contributed by atoms with Gasteiger partial charge >= 0.3 is 0 Å². The normalized spacial score (nSPS) is 19.0. The summed E-state index contributed by atoms with van der Waals surface area (Å²) in [4.78, 5) is 12.4. The van der Waals surface area contributed by atoms with Crippen molar-refractivity contribution in [3.05, 3.63) is 17.7 Å². The minimum absolute atomic E-state index is 0. The highest BCUT2D eigenvalue weighted by Gasteiger charge is 2.31. The summed E-state index contributed by atoms with van der Waals surface area (Å²) in [5.41, 5.74) is 6.68. The van der Waals surface area contributed by atoms with Crippen LogP contribution in [0.15, 0.2) is 12.1 Å². The quantitative estimate of drug-likeness (QED) is 0.730. The van der Waals surface area contributed by atoms with Crippen molar-refractivity contribution in [2.75, 3.05) is 34.4 Å². The largest absolute Gasteiger partial charge is 0.496 e. The van der Waals surface area contributed by atoms with E-state index in [9.17, 15) is 4.79 Å². The van der Waals surface area contributed by atoms with E-state index in [-0.39, 0.29) is 24.2 Å². The maximum Gasteiger partial charge on any atom is 0.223 e. The van der Waals surface area contributed by atoms with Crippen molar-refractivity contribution in [1.82, 2.24) is 5.32 Å². The Balaban J connectivity index is 0.00000312. The second kappa shape index (κ2) is 10.4. The summed E-state index contributed by atoms with van der Waals surface area (Å²) >= 11 is 0. The molecular weight excluding hydrogens is 344 g/mol. The smallest absolute Gasteiger partial charge is 0.223 e. The van der Waals surface area contributed by atoms with Crippen molar-refractivity contribution in [3.63, 3.8) is 0 Å². The SMILES string of the molecule is COc1cc(OC)c(CCNC(=O)[C@@H]2CCC[C@@H]2CN)c(OC)c1.Cl. The van der Waals surface area contributed by atoms with Crippen molar-refractivity contribution in [3.8, 4) is 17.2 Å². The first-order valence-corrected chi connectivity index (χ1v) is 8.41. The lowest BCUT2D eigenvalue weighted by atomic mass is 9.95. The molecule has 1 fully saturated rings. The third-order valence-electron chi connectivity index (χ3n) is 4.79. The average Bonchev–Trinajstić information content (AvgIpc) is 3.10. The highest BCUT2D eigenvalue weighted by molar-refractivity contribution is 5.85. The van der Waals surface area contributed by atoms with Gasteiger partial charge in [0.25, 0.3) is 0 Å². The first-order valence-electron chi connectivity index (χ1n) is 8.41. The fourth-order valence-electron chi connectivity index (χ4n) is 3.43. The molecule has 0 bridgehead atoms. The Hall–Kier alpha value is -1.66. The summed E-state index contributed by atoms with van der Waals surface area (Å²) in [5, 5.41) is 3.03. The number of nitrogens with two attached hydrogens (primary N) is 1. The van der Waals surface area contributed by atoms with E-state index >= 15 is 0 Å². The van der Waals surface area contributed by atoms with Crippen LogP contribution in [0.5, 0.6) is 17.2 Å². The van der Waals surface area contributed by atoms with Gasteiger partial charge in [0, 0.05) is 30.2 Å². The fraction of sp³-hybridized carbons (Fsp3) is 0.611. The van der Waals surface area contributed by atoms with Gasteiger partial charge in [-0.2, -0.15) is 0 Å². The maximum atomic E-state index is 12.4. The Bertz CT molecular complexity index is 543. The van der Waals surface area contributed by atoms with Gasteiger partial charge in [0.05, 0.1) is 21.3 Å². The third-order valence-corrected chi connectivity index (χ3v) is 4.79. The number of methoxy groups -OCH3 is 3. The molecule has 0 heterocycles. The Kier molecular flexibility index (Phi) is 8.86. The van der Waals surface area contributed by atoms with Gasteiger partial charge in [0.15, 0.2) is 0 Å². The highest BCUT2D eigenvalue weighted by atomic mass is 35.5. The van der Waals surface area contributed by atoms with Gasteiger partial charge in [0.2, 0.25) is 5.91 Å². The minimum atomic E-state index is 0. The molecule has 0 aromatic heterocycles. The lowest BCUT2D eigenvalue weighted by Crippen LogP contribution is -2.36. The van der Waals surface area contributed by atoms with Crippen LogP contribution >= 0.6 is 12.4 Å². The number of hydrogen-bond donors (Lipinski definition) is 2. The van der Waals surface area contributed by atoms with E-state index in [1.165, 1.54) is 0 Å². The molecule has 0 spiro atoms. The van der Waals surface area contributed by atoms with Crippen LogP contribution in [-0.4, -0.2) is 40.3 Å². The van der Waals surface area contributed by atoms with E-state index in [0.29, 0.717) is 42.7 Å². The van der Waals surface area contributed by atoms with Gasteiger partial charge < -0.3 is 25.3 Å². The lowest BCUT2D eigenvalue weighted by Gasteiger charge is -2.18. The van der Waals surface area contributed by atoms with Crippen LogP contribution in [0.4, 0.5) is 0 Å². The molecule has 0 aliphatic heterocycles. The third kappa shape index (κ3) is 5.16. The van der Waals surface area contributed by atoms with Crippen molar-refractivity contribution >= 4 is 18.3 Å². The van der Waals surface area contributed by atoms with Crippen LogP contribution in [-0.2, 0) is 11.2 Å². The molecule has 0 saturated heterocycles. The van der Waals surface area contributed by atoms with Gasteiger partial charge in [0.1, 0.15) is 17.2 Å². The Morgan fingerprint density at radius 3 is 2.32 bits per heavy atom. The average molecular weight is 373 g/mol. The number of benzene rings is 1. The Morgan fingerprint density at radius 1 is 1.16 bits per heavy atom. The molecule has 25 heavy (non-hydrogen) atoms. The second-order valence-corrected chi connectivity index (χ2v) is 6.08. The number of ether oxygens (including phenoxy) is 3. The fourth-order valence-corrected chi connectivity index (χ4v) is 3.43. The van der Waals surface area contributed by atoms with Crippen molar-refractivity contribution < 1.29 is 19.0 Å². The number of nitrogens with one attached hydrogen (secondary N) is 1. The van der Waals surface area contributed by atoms with Crippen LogP contribution in [0, 0.1) is 11.8 Å². The van der Waals surface area contributed by atoms with E-state index in [2.05, 4.69) is 5.32 Å². The number of halogens is 1. The molecule has 6 nitrogen and oxygen atoms in total. The molecule has 1 aromatic rings. The molecular formula is C18H29ClN2O4. The first kappa shape index (κ1) is 21.4. The van der Waals surface area contributed by atoms with Gasteiger partial charge in [-0.1, -0.05) is 6.42 Å². The summed E-state index contributed by atoms with van der Waals surface area (Å²) < 4.78 is 16.1. The van der Waals surface area contributed by atoms with Gasteiger partial charge in [-0.3, -0.25) is 4.79 Å². The van der Waals surface area contributed by atoms with Crippen LogP contribution < -0.4 is 25.3 Å². The number of carbonyl (C=O) groups excluding carboxylic acids is 1. The summed E-state index contributed by atoms with van der Waals surface area (Å²) in [6.45, 7) is 1.11.